The quantitative estimate of drug-likeness (QED) is 0.756. The molecule has 21 heavy (non-hydrogen) atoms. The van der Waals surface area contributed by atoms with Crippen LogP contribution in [0.15, 0.2) is 48.5 Å². The summed E-state index contributed by atoms with van der Waals surface area (Å²) in [6.07, 6.45) is 2.06. The first-order valence-corrected chi connectivity index (χ1v) is 8.34. The molecule has 0 bridgehead atoms. The van der Waals surface area contributed by atoms with Crippen molar-refractivity contribution in [3.8, 4) is 0 Å². The topological polar surface area (TPSA) is 29.1 Å². The van der Waals surface area contributed by atoms with Gasteiger partial charge in [0.25, 0.3) is 0 Å². The van der Waals surface area contributed by atoms with Crippen molar-refractivity contribution in [2.75, 3.05) is 0 Å². The predicted octanol–water partition coefficient (Wildman–Crippen LogP) is 4.39. The van der Waals surface area contributed by atoms with E-state index in [0.717, 1.165) is 12.8 Å². The monoisotopic (exact) mass is 391 g/mol. The molecule has 0 heterocycles. The number of halogens is 1. The minimum absolute atomic E-state index is 0.0440. The van der Waals surface area contributed by atoms with E-state index in [2.05, 4.69) is 76.4 Å². The Balaban J connectivity index is 2.00. The highest BCUT2D eigenvalue weighted by Gasteiger charge is 2.28. The molecule has 0 saturated heterocycles. The van der Waals surface area contributed by atoms with E-state index in [1.54, 1.807) is 6.92 Å². The highest BCUT2D eigenvalue weighted by Crippen LogP contribution is 2.41. The van der Waals surface area contributed by atoms with Gasteiger partial charge in [-0.25, -0.2) is 0 Å². The van der Waals surface area contributed by atoms with Gasteiger partial charge in [0.1, 0.15) is 0 Å². The van der Waals surface area contributed by atoms with Crippen molar-refractivity contribution in [3.63, 3.8) is 0 Å². The van der Waals surface area contributed by atoms with Crippen LogP contribution in [0.1, 0.15) is 48.4 Å². The lowest BCUT2D eigenvalue weighted by Gasteiger charge is -2.32. The van der Waals surface area contributed by atoms with Gasteiger partial charge in [0.2, 0.25) is 5.91 Å². The minimum atomic E-state index is 0.0440. The number of benzene rings is 2. The number of carbonyl (C=O) groups excluding carboxylic acids is 1. The van der Waals surface area contributed by atoms with Gasteiger partial charge in [-0.1, -0.05) is 36.4 Å². The molecular weight excluding hydrogens is 373 g/mol. The molecule has 0 radical (unpaired) electrons. The van der Waals surface area contributed by atoms with Crippen LogP contribution in [-0.2, 0) is 4.79 Å². The van der Waals surface area contributed by atoms with Gasteiger partial charge in [-0.15, -0.1) is 0 Å². The van der Waals surface area contributed by atoms with Crippen molar-refractivity contribution < 1.29 is 4.79 Å². The first kappa shape index (κ1) is 14.6. The molecule has 2 aromatic rings. The van der Waals surface area contributed by atoms with Gasteiger partial charge in [0.15, 0.2) is 0 Å². The van der Waals surface area contributed by atoms with Gasteiger partial charge >= 0.3 is 0 Å². The Hall–Kier alpha value is -1.36. The van der Waals surface area contributed by atoms with Crippen molar-refractivity contribution >= 4 is 28.5 Å². The molecule has 1 aliphatic rings. The summed E-state index contributed by atoms with van der Waals surface area (Å²) >= 11 is 2.36. The maximum atomic E-state index is 11.4. The Kier molecular flexibility index (Phi) is 4.29. The standard InChI is InChI=1S/C18H18INO/c1-12(21)20-18-10-9-15(13-5-4-6-14(19)11-13)16-7-2-3-8-17(16)18/h2-8,11,15,18H,9-10H2,1H3,(H,20,21). The van der Waals surface area contributed by atoms with Crippen molar-refractivity contribution in [2.24, 2.45) is 0 Å². The van der Waals surface area contributed by atoms with E-state index in [4.69, 9.17) is 0 Å². The zero-order chi connectivity index (χ0) is 14.8. The molecule has 1 aliphatic carbocycles. The number of hydrogen-bond acceptors (Lipinski definition) is 1. The van der Waals surface area contributed by atoms with E-state index in [1.807, 2.05) is 0 Å². The second-order valence-corrected chi connectivity index (χ2v) is 6.81. The normalized spacial score (nSPS) is 20.7. The Morgan fingerprint density at radius 3 is 2.57 bits per heavy atom. The van der Waals surface area contributed by atoms with Crippen LogP contribution in [0.5, 0.6) is 0 Å². The third kappa shape index (κ3) is 3.12. The lowest BCUT2D eigenvalue weighted by atomic mass is 9.77. The summed E-state index contributed by atoms with van der Waals surface area (Å²) in [6, 6.07) is 17.4. The number of hydrogen-bond donors (Lipinski definition) is 1. The molecule has 0 saturated carbocycles. The fourth-order valence-corrected chi connectivity index (χ4v) is 3.82. The molecule has 2 atom stereocenters. The third-order valence-electron chi connectivity index (χ3n) is 4.12. The van der Waals surface area contributed by atoms with E-state index in [1.165, 1.54) is 20.3 Å². The maximum Gasteiger partial charge on any atom is 0.217 e. The van der Waals surface area contributed by atoms with E-state index in [-0.39, 0.29) is 11.9 Å². The molecule has 0 spiro atoms. The Morgan fingerprint density at radius 2 is 1.86 bits per heavy atom. The second-order valence-electron chi connectivity index (χ2n) is 5.57. The van der Waals surface area contributed by atoms with Gasteiger partial charge in [-0.2, -0.15) is 0 Å². The van der Waals surface area contributed by atoms with Crippen LogP contribution in [0.25, 0.3) is 0 Å². The summed E-state index contributed by atoms with van der Waals surface area (Å²) in [7, 11) is 0. The molecule has 2 aromatic carbocycles. The highest BCUT2D eigenvalue weighted by molar-refractivity contribution is 14.1. The van der Waals surface area contributed by atoms with Gasteiger partial charge in [0.05, 0.1) is 6.04 Å². The van der Waals surface area contributed by atoms with E-state index in [9.17, 15) is 4.79 Å². The number of nitrogens with one attached hydrogen (secondary N) is 1. The van der Waals surface area contributed by atoms with Crippen LogP contribution in [0.3, 0.4) is 0 Å². The van der Waals surface area contributed by atoms with Crippen LogP contribution in [-0.4, -0.2) is 5.91 Å². The Labute approximate surface area is 139 Å². The van der Waals surface area contributed by atoms with Crippen LogP contribution < -0.4 is 5.32 Å². The van der Waals surface area contributed by atoms with Crippen LogP contribution in [0.2, 0.25) is 0 Å². The van der Waals surface area contributed by atoms with Gasteiger partial charge in [-0.3, -0.25) is 4.79 Å². The first-order chi connectivity index (χ1) is 10.1. The Morgan fingerprint density at radius 1 is 1.10 bits per heavy atom. The lowest BCUT2D eigenvalue weighted by molar-refractivity contribution is -0.119. The lowest BCUT2D eigenvalue weighted by Crippen LogP contribution is -2.30. The van der Waals surface area contributed by atoms with E-state index in [0.29, 0.717) is 5.92 Å². The maximum absolute atomic E-state index is 11.4. The second kappa shape index (κ2) is 6.18. The molecule has 2 unspecified atom stereocenters. The van der Waals surface area contributed by atoms with Gasteiger partial charge < -0.3 is 5.32 Å². The van der Waals surface area contributed by atoms with Crippen LogP contribution >= 0.6 is 22.6 Å². The summed E-state index contributed by atoms with van der Waals surface area (Å²) in [5.41, 5.74) is 3.99. The van der Waals surface area contributed by atoms with Crippen molar-refractivity contribution in [3.05, 3.63) is 68.8 Å². The summed E-state index contributed by atoms with van der Waals surface area (Å²) in [5, 5.41) is 3.08. The summed E-state index contributed by atoms with van der Waals surface area (Å²) in [4.78, 5) is 11.4. The van der Waals surface area contributed by atoms with Crippen molar-refractivity contribution in [2.45, 2.75) is 31.7 Å². The van der Waals surface area contributed by atoms with Crippen LogP contribution in [0, 0.1) is 3.57 Å². The Bertz CT molecular complexity index is 668. The summed E-state index contributed by atoms with van der Waals surface area (Å²) in [6.45, 7) is 1.59. The third-order valence-corrected chi connectivity index (χ3v) is 4.79. The molecule has 0 aromatic heterocycles. The van der Waals surface area contributed by atoms with Crippen LogP contribution in [0.4, 0.5) is 0 Å². The minimum Gasteiger partial charge on any atom is -0.350 e. The van der Waals surface area contributed by atoms with E-state index >= 15 is 0 Å². The molecule has 3 rings (SSSR count). The van der Waals surface area contributed by atoms with Crippen molar-refractivity contribution in [1.29, 1.82) is 0 Å². The molecule has 1 amide bonds. The highest BCUT2D eigenvalue weighted by atomic mass is 127. The van der Waals surface area contributed by atoms with Gasteiger partial charge in [0, 0.05) is 16.4 Å². The number of amides is 1. The molecule has 3 heteroatoms. The number of fused-ring (bicyclic) bond motifs is 1. The molecule has 0 fully saturated rings. The molecule has 1 N–H and O–H groups in total. The zero-order valence-electron chi connectivity index (χ0n) is 12.0. The average Bonchev–Trinajstić information content (AvgIpc) is 2.47. The fraction of sp³-hybridized carbons (Fsp3) is 0.278. The van der Waals surface area contributed by atoms with Gasteiger partial charge in [-0.05, 0) is 64.3 Å². The molecule has 2 nitrogen and oxygen atoms in total. The molecular formula is C18H18INO. The summed E-state index contributed by atoms with van der Waals surface area (Å²) in [5.74, 6) is 0.475. The number of carbonyl (C=O) groups is 1. The molecule has 108 valence electrons. The average molecular weight is 391 g/mol. The van der Waals surface area contributed by atoms with E-state index < -0.39 is 0 Å². The smallest absolute Gasteiger partial charge is 0.217 e. The zero-order valence-corrected chi connectivity index (χ0v) is 14.1. The summed E-state index contributed by atoms with van der Waals surface area (Å²) < 4.78 is 1.27. The number of rotatable bonds is 2. The first-order valence-electron chi connectivity index (χ1n) is 7.26. The predicted molar refractivity (Wildman–Crippen MR) is 93.2 cm³/mol. The fourth-order valence-electron chi connectivity index (χ4n) is 3.25. The van der Waals surface area contributed by atoms with Crippen molar-refractivity contribution in [1.82, 2.24) is 5.32 Å². The molecule has 0 aliphatic heterocycles. The largest absolute Gasteiger partial charge is 0.350 e. The SMILES string of the molecule is CC(=O)NC1CCC(c2cccc(I)c2)c2ccccc21.